The number of hydrogen-bond donors (Lipinski definition) is 1. The minimum atomic E-state index is -0.319. The molecule has 0 aliphatic carbocycles. The Hall–Kier alpha value is -3.41. The van der Waals surface area contributed by atoms with Gasteiger partial charge in [0.05, 0.1) is 5.69 Å². The summed E-state index contributed by atoms with van der Waals surface area (Å²) in [5, 5.41) is 6.87. The van der Waals surface area contributed by atoms with E-state index in [0.29, 0.717) is 35.1 Å². The van der Waals surface area contributed by atoms with Crippen molar-refractivity contribution in [1.29, 1.82) is 0 Å². The van der Waals surface area contributed by atoms with Gasteiger partial charge in [0.15, 0.2) is 0 Å². The number of anilines is 1. The molecule has 0 aliphatic rings. The number of amides is 1. The van der Waals surface area contributed by atoms with Gasteiger partial charge in [0.1, 0.15) is 29.4 Å². The molecule has 2 heterocycles. The maximum Gasteiger partial charge on any atom is 0.261 e. The molecular formula is C19H17N3O3. The van der Waals surface area contributed by atoms with Crippen molar-refractivity contribution >= 4 is 11.6 Å². The number of carbonyl (C=O) groups excluding carboxylic acids is 1. The number of aromatic nitrogens is 2. The van der Waals surface area contributed by atoms with Crippen LogP contribution >= 0.6 is 0 Å². The fraction of sp³-hybridized carbons (Fsp3) is 0.105. The number of carbonyl (C=O) groups is 1. The van der Waals surface area contributed by atoms with Crippen LogP contribution in [0.15, 0.2) is 66.0 Å². The van der Waals surface area contributed by atoms with E-state index in [9.17, 15) is 4.79 Å². The lowest BCUT2D eigenvalue weighted by atomic mass is 10.1. The van der Waals surface area contributed by atoms with E-state index in [1.165, 1.54) is 0 Å². The van der Waals surface area contributed by atoms with Gasteiger partial charge in [0, 0.05) is 18.0 Å². The van der Waals surface area contributed by atoms with E-state index in [0.717, 1.165) is 5.56 Å². The molecule has 0 fully saturated rings. The maximum absolute atomic E-state index is 12.8. The summed E-state index contributed by atoms with van der Waals surface area (Å²) in [5.74, 6) is 0.685. The zero-order valence-corrected chi connectivity index (χ0v) is 13.7. The number of hydrogen-bond acceptors (Lipinski definition) is 5. The molecule has 1 amide bonds. The first-order valence-corrected chi connectivity index (χ1v) is 7.71. The van der Waals surface area contributed by atoms with Crippen LogP contribution in [0, 0.1) is 6.92 Å². The van der Waals surface area contributed by atoms with Gasteiger partial charge in [0.2, 0.25) is 0 Å². The molecule has 0 atom stereocenters. The molecular weight excluding hydrogens is 318 g/mol. The largest absolute Gasteiger partial charge is 0.487 e. The average Bonchev–Trinajstić information content (AvgIpc) is 3.03. The highest BCUT2D eigenvalue weighted by atomic mass is 16.5. The molecule has 6 heteroatoms. The number of para-hydroxylation sites is 2. The molecule has 0 spiro atoms. The molecule has 0 bridgehead atoms. The summed E-state index contributed by atoms with van der Waals surface area (Å²) in [6.07, 6.45) is 4.92. The van der Waals surface area contributed by atoms with Crippen LogP contribution < -0.4 is 10.1 Å². The number of aryl methyl sites for hydroxylation is 1. The summed E-state index contributed by atoms with van der Waals surface area (Å²) in [5.41, 5.74) is 2.18. The Morgan fingerprint density at radius 1 is 1.28 bits per heavy atom. The predicted molar refractivity (Wildman–Crippen MR) is 94.6 cm³/mol. The van der Waals surface area contributed by atoms with Crippen LogP contribution in [0.4, 0.5) is 5.69 Å². The van der Waals surface area contributed by atoms with Gasteiger partial charge >= 0.3 is 0 Å². The van der Waals surface area contributed by atoms with Gasteiger partial charge in [0.25, 0.3) is 5.91 Å². The first-order valence-electron chi connectivity index (χ1n) is 7.71. The van der Waals surface area contributed by atoms with Gasteiger partial charge in [-0.05, 0) is 31.2 Å². The smallest absolute Gasteiger partial charge is 0.261 e. The standard InChI is InChI=1S/C19H17N3O3/c1-3-12-24-16-7-5-4-6-15(16)21-19(23)17-13(2)25-22-18(17)14-8-10-20-11-9-14/h3-11H,1,12H2,2H3,(H,21,23). The fourth-order valence-electron chi connectivity index (χ4n) is 2.38. The van der Waals surface area contributed by atoms with Crippen molar-refractivity contribution < 1.29 is 14.1 Å². The number of pyridine rings is 1. The molecule has 126 valence electrons. The highest BCUT2D eigenvalue weighted by molar-refractivity contribution is 6.09. The number of rotatable bonds is 6. The molecule has 0 aliphatic heterocycles. The molecule has 0 radical (unpaired) electrons. The second-order valence-electron chi connectivity index (χ2n) is 5.25. The van der Waals surface area contributed by atoms with Crippen molar-refractivity contribution in [3.8, 4) is 17.0 Å². The van der Waals surface area contributed by atoms with Gasteiger partial charge in [-0.1, -0.05) is 29.9 Å². The second kappa shape index (κ2) is 7.44. The second-order valence-corrected chi connectivity index (χ2v) is 5.25. The van der Waals surface area contributed by atoms with E-state index >= 15 is 0 Å². The van der Waals surface area contributed by atoms with Crippen LogP contribution in [0.5, 0.6) is 5.75 Å². The maximum atomic E-state index is 12.8. The van der Waals surface area contributed by atoms with Crippen molar-refractivity contribution in [3.63, 3.8) is 0 Å². The molecule has 3 aromatic rings. The van der Waals surface area contributed by atoms with Crippen molar-refractivity contribution in [3.05, 3.63) is 72.8 Å². The Morgan fingerprint density at radius 2 is 2.04 bits per heavy atom. The van der Waals surface area contributed by atoms with Gasteiger partial charge in [-0.3, -0.25) is 9.78 Å². The quantitative estimate of drug-likeness (QED) is 0.692. The van der Waals surface area contributed by atoms with E-state index < -0.39 is 0 Å². The molecule has 1 aromatic carbocycles. The summed E-state index contributed by atoms with van der Waals surface area (Å²) in [7, 11) is 0. The van der Waals surface area contributed by atoms with Crippen LogP contribution in [0.25, 0.3) is 11.3 Å². The Bertz CT molecular complexity index is 888. The van der Waals surface area contributed by atoms with Gasteiger partial charge in [-0.2, -0.15) is 0 Å². The molecule has 2 aromatic heterocycles. The Morgan fingerprint density at radius 3 is 2.80 bits per heavy atom. The van der Waals surface area contributed by atoms with Crippen molar-refractivity contribution in [2.75, 3.05) is 11.9 Å². The minimum absolute atomic E-state index is 0.319. The monoisotopic (exact) mass is 335 g/mol. The summed E-state index contributed by atoms with van der Waals surface area (Å²) in [6.45, 7) is 5.68. The predicted octanol–water partition coefficient (Wildman–Crippen LogP) is 3.86. The first kappa shape index (κ1) is 16.4. The zero-order chi connectivity index (χ0) is 17.6. The van der Waals surface area contributed by atoms with E-state index in [1.54, 1.807) is 49.7 Å². The van der Waals surface area contributed by atoms with Gasteiger partial charge in [-0.25, -0.2) is 0 Å². The molecule has 0 saturated heterocycles. The van der Waals surface area contributed by atoms with Crippen LogP contribution in [0.3, 0.4) is 0 Å². The van der Waals surface area contributed by atoms with Gasteiger partial charge in [-0.15, -0.1) is 0 Å². The molecule has 1 N–H and O–H groups in total. The SMILES string of the molecule is C=CCOc1ccccc1NC(=O)c1c(-c2ccncc2)noc1C. The first-order chi connectivity index (χ1) is 12.2. The third-order valence-electron chi connectivity index (χ3n) is 3.54. The van der Waals surface area contributed by atoms with Crippen molar-refractivity contribution in [2.24, 2.45) is 0 Å². The number of ether oxygens (including phenoxy) is 1. The Kier molecular flexibility index (Phi) is 4.89. The van der Waals surface area contributed by atoms with Crippen LogP contribution in [-0.4, -0.2) is 22.7 Å². The van der Waals surface area contributed by atoms with Crippen molar-refractivity contribution in [2.45, 2.75) is 6.92 Å². The Balaban J connectivity index is 1.91. The molecule has 0 saturated carbocycles. The lowest BCUT2D eigenvalue weighted by molar-refractivity contribution is 0.102. The van der Waals surface area contributed by atoms with Crippen LogP contribution in [0.2, 0.25) is 0 Å². The topological polar surface area (TPSA) is 77.2 Å². The number of nitrogens with one attached hydrogen (secondary N) is 1. The normalized spacial score (nSPS) is 10.3. The number of nitrogens with zero attached hydrogens (tertiary/aromatic N) is 2. The molecule has 6 nitrogen and oxygen atoms in total. The van der Waals surface area contributed by atoms with E-state index in [4.69, 9.17) is 9.26 Å². The fourth-order valence-corrected chi connectivity index (χ4v) is 2.38. The summed E-state index contributed by atoms with van der Waals surface area (Å²) < 4.78 is 10.8. The number of benzene rings is 1. The summed E-state index contributed by atoms with van der Waals surface area (Å²) in [6, 6.07) is 10.8. The lowest BCUT2D eigenvalue weighted by Gasteiger charge is -2.11. The highest BCUT2D eigenvalue weighted by Crippen LogP contribution is 2.28. The van der Waals surface area contributed by atoms with E-state index in [2.05, 4.69) is 22.0 Å². The Labute approximate surface area is 145 Å². The molecule has 3 rings (SSSR count). The summed E-state index contributed by atoms with van der Waals surface area (Å²) in [4.78, 5) is 16.8. The van der Waals surface area contributed by atoms with E-state index in [1.807, 2.05) is 12.1 Å². The highest BCUT2D eigenvalue weighted by Gasteiger charge is 2.22. The van der Waals surface area contributed by atoms with Crippen LogP contribution in [0.1, 0.15) is 16.1 Å². The lowest BCUT2D eigenvalue weighted by Crippen LogP contribution is -2.14. The minimum Gasteiger partial charge on any atom is -0.487 e. The van der Waals surface area contributed by atoms with E-state index in [-0.39, 0.29) is 5.91 Å². The zero-order valence-electron chi connectivity index (χ0n) is 13.7. The van der Waals surface area contributed by atoms with Crippen molar-refractivity contribution in [1.82, 2.24) is 10.1 Å². The molecule has 25 heavy (non-hydrogen) atoms. The third-order valence-corrected chi connectivity index (χ3v) is 3.54. The molecule has 0 unspecified atom stereocenters. The summed E-state index contributed by atoms with van der Waals surface area (Å²) >= 11 is 0. The average molecular weight is 335 g/mol. The van der Waals surface area contributed by atoms with Gasteiger partial charge < -0.3 is 14.6 Å². The van der Waals surface area contributed by atoms with Crippen LogP contribution in [-0.2, 0) is 0 Å². The third kappa shape index (κ3) is 3.58.